The Morgan fingerprint density at radius 3 is 1.70 bits per heavy atom. The molecule has 0 spiro atoms. The molecule has 0 heterocycles. The summed E-state index contributed by atoms with van der Waals surface area (Å²) in [5, 5.41) is 11.5. The van der Waals surface area contributed by atoms with E-state index < -0.39 is 11.4 Å². The molecule has 23 heavy (non-hydrogen) atoms. The van der Waals surface area contributed by atoms with E-state index in [0.717, 1.165) is 19.3 Å². The van der Waals surface area contributed by atoms with Gasteiger partial charge in [0.25, 0.3) is 0 Å². The monoisotopic (exact) mass is 335 g/mol. The Balaban J connectivity index is 0. The third-order valence-corrected chi connectivity index (χ3v) is 4.50. The summed E-state index contributed by atoms with van der Waals surface area (Å²) in [6.45, 7) is 8.53. The maximum Gasteiger partial charge on any atom is 1.00 e. The molecule has 0 aromatic rings. The number of carboxylic acid groups (broad SMARTS) is 1. The first-order valence-corrected chi connectivity index (χ1v) is 8.94. The quantitative estimate of drug-likeness (QED) is 0.273. The standard InChI is InChI=1S/C18H35NO3.Na/c1-5-8-9-10-11-12-13-14-15-18(4,17(21)22)16(20)19(6-2)7-3;/h5-15H2,1-4H3,(H,21,22);/q;+1/p-1. The number of hydrogen-bond acceptors (Lipinski definition) is 3. The normalized spacial score (nSPS) is 13.0. The topological polar surface area (TPSA) is 60.4 Å². The molecule has 0 bridgehead atoms. The van der Waals surface area contributed by atoms with Crippen molar-refractivity contribution >= 4 is 11.9 Å². The van der Waals surface area contributed by atoms with Gasteiger partial charge in [0.05, 0.1) is 11.4 Å². The predicted molar refractivity (Wildman–Crippen MR) is 88.3 cm³/mol. The maximum atomic E-state index is 12.4. The molecular weight excluding hydrogens is 301 g/mol. The first-order chi connectivity index (χ1) is 10.4. The number of carboxylic acids is 1. The van der Waals surface area contributed by atoms with Crippen molar-refractivity contribution in [3.8, 4) is 0 Å². The molecule has 0 rings (SSSR count). The van der Waals surface area contributed by atoms with Gasteiger partial charge in [0.2, 0.25) is 5.91 Å². The average Bonchev–Trinajstić information content (AvgIpc) is 2.50. The number of nitrogens with zero attached hydrogens (tertiary/aromatic N) is 1. The first kappa shape index (κ1) is 25.2. The van der Waals surface area contributed by atoms with Crippen molar-refractivity contribution in [2.45, 2.75) is 85.5 Å². The maximum absolute atomic E-state index is 12.4. The summed E-state index contributed by atoms with van der Waals surface area (Å²) in [5.41, 5.74) is -1.38. The Labute approximate surface area is 164 Å². The van der Waals surface area contributed by atoms with E-state index in [9.17, 15) is 14.7 Å². The van der Waals surface area contributed by atoms with Crippen LogP contribution in [0.5, 0.6) is 0 Å². The fraction of sp³-hybridized carbons (Fsp3) is 0.889. The van der Waals surface area contributed by atoms with Gasteiger partial charge in [0.15, 0.2) is 0 Å². The summed E-state index contributed by atoms with van der Waals surface area (Å²) in [7, 11) is 0. The van der Waals surface area contributed by atoms with Crippen molar-refractivity contribution in [2.75, 3.05) is 13.1 Å². The average molecular weight is 335 g/mol. The molecule has 1 atom stereocenters. The number of amides is 1. The molecule has 0 aliphatic carbocycles. The smallest absolute Gasteiger partial charge is 0.549 e. The van der Waals surface area contributed by atoms with Crippen molar-refractivity contribution in [3.63, 3.8) is 0 Å². The van der Waals surface area contributed by atoms with E-state index in [0.29, 0.717) is 19.5 Å². The van der Waals surface area contributed by atoms with E-state index in [2.05, 4.69) is 6.92 Å². The first-order valence-electron chi connectivity index (χ1n) is 8.94. The molecular formula is C18H34NNaO3. The van der Waals surface area contributed by atoms with Crippen molar-refractivity contribution < 1.29 is 44.3 Å². The second-order valence-electron chi connectivity index (χ2n) is 6.32. The zero-order valence-corrected chi connectivity index (χ0v) is 18.0. The van der Waals surface area contributed by atoms with Gasteiger partial charge in [-0.3, -0.25) is 4.79 Å². The van der Waals surface area contributed by atoms with Crippen LogP contribution in [0.4, 0.5) is 0 Å². The van der Waals surface area contributed by atoms with Crippen LogP contribution in [0, 0.1) is 5.41 Å². The van der Waals surface area contributed by atoms with Crippen molar-refractivity contribution in [2.24, 2.45) is 5.41 Å². The van der Waals surface area contributed by atoms with Crippen LogP contribution in [-0.4, -0.2) is 29.9 Å². The molecule has 0 aromatic carbocycles. The number of carbonyl (C=O) groups excluding carboxylic acids is 2. The van der Waals surface area contributed by atoms with Crippen LogP contribution in [0.25, 0.3) is 0 Å². The minimum absolute atomic E-state index is 0. The molecule has 0 fully saturated rings. The van der Waals surface area contributed by atoms with Crippen molar-refractivity contribution in [3.05, 3.63) is 0 Å². The van der Waals surface area contributed by atoms with Crippen LogP contribution < -0.4 is 34.7 Å². The van der Waals surface area contributed by atoms with E-state index in [1.165, 1.54) is 39.0 Å². The van der Waals surface area contributed by atoms with Gasteiger partial charge in [-0.1, -0.05) is 58.3 Å². The van der Waals surface area contributed by atoms with Crippen molar-refractivity contribution in [1.29, 1.82) is 0 Å². The Bertz CT molecular complexity index is 332. The SMILES string of the molecule is CCCCCCCCCCC(C)(C(=O)[O-])C(=O)N(CC)CC.[Na+]. The summed E-state index contributed by atoms with van der Waals surface area (Å²) < 4.78 is 0. The summed E-state index contributed by atoms with van der Waals surface area (Å²) >= 11 is 0. The number of hydrogen-bond donors (Lipinski definition) is 0. The van der Waals surface area contributed by atoms with Crippen LogP contribution in [0.3, 0.4) is 0 Å². The minimum atomic E-state index is -1.38. The van der Waals surface area contributed by atoms with Gasteiger partial charge in [0, 0.05) is 13.1 Å². The zero-order valence-electron chi connectivity index (χ0n) is 16.0. The Morgan fingerprint density at radius 2 is 1.30 bits per heavy atom. The fourth-order valence-corrected chi connectivity index (χ4v) is 2.77. The van der Waals surface area contributed by atoms with Gasteiger partial charge < -0.3 is 14.8 Å². The second kappa shape index (κ2) is 14.3. The number of aliphatic carboxylic acids is 1. The predicted octanol–water partition coefficient (Wildman–Crippen LogP) is 0.146. The second-order valence-corrected chi connectivity index (χ2v) is 6.32. The van der Waals surface area contributed by atoms with Crippen LogP contribution in [0.15, 0.2) is 0 Å². The molecule has 5 heteroatoms. The zero-order chi connectivity index (χ0) is 17.0. The third kappa shape index (κ3) is 9.11. The van der Waals surface area contributed by atoms with Gasteiger partial charge in [-0.2, -0.15) is 0 Å². The summed E-state index contributed by atoms with van der Waals surface area (Å²) in [6, 6.07) is 0. The van der Waals surface area contributed by atoms with Crippen LogP contribution in [0.1, 0.15) is 85.5 Å². The third-order valence-electron chi connectivity index (χ3n) is 4.50. The summed E-state index contributed by atoms with van der Waals surface area (Å²) in [4.78, 5) is 25.5. The van der Waals surface area contributed by atoms with Crippen molar-refractivity contribution in [1.82, 2.24) is 4.90 Å². The molecule has 130 valence electrons. The number of rotatable bonds is 13. The largest absolute Gasteiger partial charge is 1.00 e. The molecule has 0 radical (unpaired) electrons. The molecule has 1 amide bonds. The van der Waals surface area contributed by atoms with Gasteiger partial charge in [-0.25, -0.2) is 0 Å². The van der Waals surface area contributed by atoms with E-state index in [-0.39, 0.29) is 35.5 Å². The molecule has 0 aromatic heterocycles. The van der Waals surface area contributed by atoms with Gasteiger partial charge in [-0.15, -0.1) is 0 Å². The van der Waals surface area contributed by atoms with Gasteiger partial charge in [-0.05, 0) is 27.2 Å². The molecule has 0 aliphatic heterocycles. The fourth-order valence-electron chi connectivity index (χ4n) is 2.77. The minimum Gasteiger partial charge on any atom is -0.549 e. The summed E-state index contributed by atoms with van der Waals surface area (Å²) in [5.74, 6) is -1.55. The van der Waals surface area contributed by atoms with Gasteiger partial charge in [0.1, 0.15) is 0 Å². The number of unbranched alkanes of at least 4 members (excludes halogenated alkanes) is 7. The van der Waals surface area contributed by atoms with E-state index in [1.54, 1.807) is 4.90 Å². The van der Waals surface area contributed by atoms with Crippen LogP contribution in [0.2, 0.25) is 0 Å². The molecule has 0 saturated heterocycles. The molecule has 0 aliphatic rings. The number of carbonyl (C=O) groups is 2. The van der Waals surface area contributed by atoms with Crippen LogP contribution in [-0.2, 0) is 9.59 Å². The van der Waals surface area contributed by atoms with E-state index in [4.69, 9.17) is 0 Å². The Morgan fingerprint density at radius 1 is 0.870 bits per heavy atom. The van der Waals surface area contributed by atoms with E-state index in [1.807, 2.05) is 13.8 Å². The molecule has 0 saturated carbocycles. The Kier molecular flexibility index (Phi) is 15.7. The van der Waals surface area contributed by atoms with E-state index >= 15 is 0 Å². The Hall–Kier alpha value is -0.0600. The summed E-state index contributed by atoms with van der Waals surface area (Å²) in [6.07, 6.45) is 9.53. The molecule has 0 N–H and O–H groups in total. The molecule has 4 nitrogen and oxygen atoms in total. The van der Waals surface area contributed by atoms with Gasteiger partial charge >= 0.3 is 29.6 Å². The van der Waals surface area contributed by atoms with Crippen LogP contribution >= 0.6 is 0 Å². The molecule has 1 unspecified atom stereocenters.